The van der Waals surface area contributed by atoms with Crippen LogP contribution in [0.4, 0.5) is 13.9 Å². The Morgan fingerprint density at radius 2 is 2.04 bits per heavy atom. The summed E-state index contributed by atoms with van der Waals surface area (Å²) in [5.41, 5.74) is 12.2. The van der Waals surface area contributed by atoms with Crippen molar-refractivity contribution in [2.75, 3.05) is 5.32 Å². The van der Waals surface area contributed by atoms with Crippen molar-refractivity contribution in [1.82, 2.24) is 4.98 Å². The van der Waals surface area contributed by atoms with E-state index in [0.29, 0.717) is 16.4 Å². The number of nitrogens with two attached hydrogens (primary N) is 2. The van der Waals surface area contributed by atoms with Gasteiger partial charge < -0.3 is 16.8 Å². The van der Waals surface area contributed by atoms with Crippen LogP contribution in [0.15, 0.2) is 28.4 Å². The van der Waals surface area contributed by atoms with Gasteiger partial charge in [0, 0.05) is 18.2 Å². The SMILES string of the molecule is CC(=NN=C(N)N)c1sc(NCc2ccc(F)cc2F)nc1C. The molecule has 2 rings (SSSR count). The van der Waals surface area contributed by atoms with E-state index in [2.05, 4.69) is 20.5 Å². The van der Waals surface area contributed by atoms with E-state index < -0.39 is 11.6 Å². The highest BCUT2D eigenvalue weighted by atomic mass is 32.1. The van der Waals surface area contributed by atoms with Crippen molar-refractivity contribution in [3.05, 3.63) is 46.0 Å². The molecule has 0 atom stereocenters. The van der Waals surface area contributed by atoms with Crippen LogP contribution in [-0.2, 0) is 6.54 Å². The first-order chi connectivity index (χ1) is 10.9. The molecule has 0 radical (unpaired) electrons. The fourth-order valence-corrected chi connectivity index (χ4v) is 2.72. The number of guanidine groups is 1. The first-order valence-electron chi connectivity index (χ1n) is 6.65. The van der Waals surface area contributed by atoms with Gasteiger partial charge in [0.2, 0.25) is 5.96 Å². The van der Waals surface area contributed by atoms with Crippen molar-refractivity contribution < 1.29 is 8.78 Å². The van der Waals surface area contributed by atoms with Crippen LogP contribution in [0.5, 0.6) is 0 Å². The molecule has 0 unspecified atom stereocenters. The van der Waals surface area contributed by atoms with E-state index in [4.69, 9.17) is 11.5 Å². The lowest BCUT2D eigenvalue weighted by Gasteiger charge is -2.04. The minimum atomic E-state index is -0.606. The average molecular weight is 338 g/mol. The topological polar surface area (TPSA) is 102 Å². The summed E-state index contributed by atoms with van der Waals surface area (Å²) in [6, 6.07) is 3.46. The standard InChI is InChI=1S/C14H16F2N6S/c1-7-12(8(2)21-22-13(17)18)23-14(20-7)19-6-9-3-4-10(15)5-11(9)16/h3-5H,6H2,1-2H3,(H,19,20)(H4,17,18,22). The van der Waals surface area contributed by atoms with Crippen LogP contribution < -0.4 is 16.8 Å². The highest BCUT2D eigenvalue weighted by Crippen LogP contribution is 2.24. The summed E-state index contributed by atoms with van der Waals surface area (Å²) < 4.78 is 26.5. The number of hydrogen-bond donors (Lipinski definition) is 3. The quantitative estimate of drug-likeness (QED) is 0.442. The highest BCUT2D eigenvalue weighted by molar-refractivity contribution is 7.17. The Hall–Kier alpha value is -2.55. The van der Waals surface area contributed by atoms with E-state index >= 15 is 0 Å². The number of aromatic nitrogens is 1. The molecule has 0 aliphatic heterocycles. The third-order valence-electron chi connectivity index (χ3n) is 2.89. The zero-order chi connectivity index (χ0) is 17.0. The van der Waals surface area contributed by atoms with Gasteiger partial charge in [0.15, 0.2) is 5.13 Å². The van der Waals surface area contributed by atoms with Gasteiger partial charge in [-0.25, -0.2) is 13.8 Å². The number of thiazole rings is 1. The van der Waals surface area contributed by atoms with Crippen LogP contribution in [0.1, 0.15) is 23.1 Å². The third-order valence-corrected chi connectivity index (χ3v) is 4.11. The molecule has 1 aromatic carbocycles. The van der Waals surface area contributed by atoms with Crippen LogP contribution in [0, 0.1) is 18.6 Å². The summed E-state index contributed by atoms with van der Waals surface area (Å²) in [5.74, 6) is -1.33. The van der Waals surface area contributed by atoms with E-state index in [-0.39, 0.29) is 12.5 Å². The second kappa shape index (κ2) is 7.14. The molecule has 0 bridgehead atoms. The summed E-state index contributed by atoms with van der Waals surface area (Å²) in [5, 5.41) is 11.1. The highest BCUT2D eigenvalue weighted by Gasteiger charge is 2.11. The molecule has 0 aliphatic carbocycles. The first kappa shape index (κ1) is 16.8. The van der Waals surface area contributed by atoms with Crippen LogP contribution in [-0.4, -0.2) is 16.7 Å². The third kappa shape index (κ3) is 4.46. The van der Waals surface area contributed by atoms with E-state index in [1.807, 2.05) is 6.92 Å². The molecule has 1 heterocycles. The van der Waals surface area contributed by atoms with Crippen LogP contribution in [0.3, 0.4) is 0 Å². The lowest BCUT2D eigenvalue weighted by Crippen LogP contribution is -2.22. The van der Waals surface area contributed by atoms with Gasteiger partial charge in [0.25, 0.3) is 0 Å². The Balaban J connectivity index is 2.12. The Bertz CT molecular complexity index is 765. The largest absolute Gasteiger partial charge is 0.369 e. The molecule has 0 aliphatic rings. The molecule has 2 aromatic rings. The van der Waals surface area contributed by atoms with Crippen molar-refractivity contribution in [1.29, 1.82) is 0 Å². The minimum absolute atomic E-state index is 0.128. The molecule has 5 N–H and O–H groups in total. The lowest BCUT2D eigenvalue weighted by molar-refractivity contribution is 0.574. The Labute approximate surface area is 135 Å². The average Bonchev–Trinajstić information content (AvgIpc) is 2.85. The number of hydrogen-bond acceptors (Lipinski definition) is 5. The molecule has 6 nitrogen and oxygen atoms in total. The monoisotopic (exact) mass is 338 g/mol. The predicted molar refractivity (Wildman–Crippen MR) is 88.6 cm³/mol. The maximum atomic E-state index is 13.6. The number of rotatable bonds is 5. The summed E-state index contributed by atoms with van der Waals surface area (Å²) in [6.07, 6.45) is 0. The summed E-state index contributed by atoms with van der Waals surface area (Å²) in [6.45, 7) is 3.78. The normalized spacial score (nSPS) is 11.4. The molecule has 122 valence electrons. The van der Waals surface area contributed by atoms with Crippen LogP contribution in [0.2, 0.25) is 0 Å². The molecule has 0 saturated heterocycles. The van der Waals surface area contributed by atoms with Gasteiger partial charge in [-0.15, -0.1) is 5.10 Å². The second-order valence-corrected chi connectivity index (χ2v) is 5.73. The summed E-state index contributed by atoms with van der Waals surface area (Å²) in [4.78, 5) is 5.16. The van der Waals surface area contributed by atoms with Crippen LogP contribution >= 0.6 is 11.3 Å². The predicted octanol–water partition coefficient (Wildman–Crippen LogP) is 2.34. The fourth-order valence-electron chi connectivity index (χ4n) is 1.82. The van der Waals surface area contributed by atoms with Crippen molar-refractivity contribution in [2.45, 2.75) is 20.4 Å². The second-order valence-electron chi connectivity index (χ2n) is 4.73. The van der Waals surface area contributed by atoms with Crippen molar-refractivity contribution in [3.63, 3.8) is 0 Å². The van der Waals surface area contributed by atoms with Crippen molar-refractivity contribution in [2.24, 2.45) is 21.7 Å². The number of aryl methyl sites for hydroxylation is 1. The minimum Gasteiger partial charge on any atom is -0.369 e. The number of halogens is 2. The first-order valence-corrected chi connectivity index (χ1v) is 7.47. The fraction of sp³-hybridized carbons (Fsp3) is 0.214. The number of nitrogens with zero attached hydrogens (tertiary/aromatic N) is 3. The van der Waals surface area contributed by atoms with Gasteiger partial charge in [-0.1, -0.05) is 17.4 Å². The van der Waals surface area contributed by atoms with E-state index in [0.717, 1.165) is 16.6 Å². The maximum Gasteiger partial charge on any atom is 0.211 e. The molecule has 0 saturated carbocycles. The number of anilines is 1. The molecule has 0 amide bonds. The van der Waals surface area contributed by atoms with Crippen LogP contribution in [0.25, 0.3) is 0 Å². The van der Waals surface area contributed by atoms with Gasteiger partial charge in [-0.3, -0.25) is 0 Å². The van der Waals surface area contributed by atoms with Gasteiger partial charge in [-0.2, -0.15) is 5.10 Å². The Kier molecular flexibility index (Phi) is 5.22. The summed E-state index contributed by atoms with van der Waals surface area (Å²) >= 11 is 1.35. The molecular weight excluding hydrogens is 322 g/mol. The number of nitrogens with one attached hydrogen (secondary N) is 1. The molecule has 23 heavy (non-hydrogen) atoms. The maximum absolute atomic E-state index is 13.6. The Morgan fingerprint density at radius 3 is 2.70 bits per heavy atom. The van der Waals surface area contributed by atoms with E-state index in [9.17, 15) is 8.78 Å². The molecule has 9 heteroatoms. The zero-order valence-electron chi connectivity index (χ0n) is 12.6. The lowest BCUT2D eigenvalue weighted by atomic mass is 10.2. The summed E-state index contributed by atoms with van der Waals surface area (Å²) in [7, 11) is 0. The van der Waals surface area contributed by atoms with Crippen molar-refractivity contribution in [3.8, 4) is 0 Å². The molecular formula is C14H16F2N6S. The smallest absolute Gasteiger partial charge is 0.211 e. The van der Waals surface area contributed by atoms with Crippen molar-refractivity contribution >= 4 is 28.1 Å². The van der Waals surface area contributed by atoms with Gasteiger partial charge in [0.05, 0.1) is 16.3 Å². The van der Waals surface area contributed by atoms with Gasteiger partial charge >= 0.3 is 0 Å². The molecule has 1 aromatic heterocycles. The molecule has 0 fully saturated rings. The van der Waals surface area contributed by atoms with Gasteiger partial charge in [0.1, 0.15) is 11.6 Å². The number of benzene rings is 1. The van der Waals surface area contributed by atoms with E-state index in [1.165, 1.54) is 23.5 Å². The zero-order valence-corrected chi connectivity index (χ0v) is 13.4. The van der Waals surface area contributed by atoms with E-state index in [1.54, 1.807) is 6.92 Å². The Morgan fingerprint density at radius 1 is 1.30 bits per heavy atom. The van der Waals surface area contributed by atoms with Gasteiger partial charge in [-0.05, 0) is 19.9 Å². The molecule has 0 spiro atoms.